The summed E-state index contributed by atoms with van der Waals surface area (Å²) in [5.74, 6) is -1.63. The van der Waals surface area contributed by atoms with Gasteiger partial charge in [-0.05, 0) is 44.9 Å². The number of carbonyl (C=O) groups is 3. The number of ether oxygens (including phenoxy) is 1. The van der Waals surface area contributed by atoms with Gasteiger partial charge in [0.2, 0.25) is 5.91 Å². The van der Waals surface area contributed by atoms with Crippen molar-refractivity contribution in [2.24, 2.45) is 7.05 Å². The number of aromatic nitrogens is 3. The molecule has 0 aliphatic heterocycles. The van der Waals surface area contributed by atoms with Crippen molar-refractivity contribution >= 4 is 34.5 Å². The van der Waals surface area contributed by atoms with E-state index in [1.165, 1.54) is 0 Å². The molecule has 2 heterocycles. The Morgan fingerprint density at radius 3 is 2.30 bits per heavy atom. The number of hydrogen-bond acceptors (Lipinski definition) is 6. The van der Waals surface area contributed by atoms with Crippen LogP contribution < -0.4 is 10.6 Å². The van der Waals surface area contributed by atoms with Crippen molar-refractivity contribution in [2.45, 2.75) is 27.7 Å². The summed E-state index contributed by atoms with van der Waals surface area (Å²) in [6, 6.07) is 15.0. The Morgan fingerprint density at radius 2 is 1.62 bits per heavy atom. The van der Waals surface area contributed by atoms with Gasteiger partial charge in [-0.15, -0.1) is 0 Å². The molecule has 0 saturated carbocycles. The first-order valence-electron chi connectivity index (χ1n) is 11.9. The second-order valence-corrected chi connectivity index (χ2v) is 9.00. The molecule has 190 valence electrons. The summed E-state index contributed by atoms with van der Waals surface area (Å²) in [5, 5.41) is 10.3. The first-order chi connectivity index (χ1) is 17.6. The van der Waals surface area contributed by atoms with Crippen LogP contribution in [0.2, 0.25) is 0 Å². The number of esters is 1. The molecule has 0 aliphatic carbocycles. The number of nitrogens with zero attached hydrogens (tertiary/aromatic N) is 3. The van der Waals surface area contributed by atoms with Gasteiger partial charge in [0, 0.05) is 18.3 Å². The largest absolute Gasteiger partial charge is 0.452 e. The molecule has 0 spiro atoms. The summed E-state index contributed by atoms with van der Waals surface area (Å²) < 4.78 is 6.92. The molecule has 4 aromatic rings. The van der Waals surface area contributed by atoms with Crippen LogP contribution >= 0.6 is 0 Å². The molecule has 0 saturated heterocycles. The van der Waals surface area contributed by atoms with E-state index in [1.807, 2.05) is 63.2 Å². The highest BCUT2D eigenvalue weighted by Gasteiger charge is 2.21. The van der Waals surface area contributed by atoms with Crippen molar-refractivity contribution in [3.05, 3.63) is 76.5 Å². The molecule has 0 aliphatic rings. The minimum absolute atomic E-state index is 0.248. The van der Waals surface area contributed by atoms with E-state index < -0.39 is 18.5 Å². The van der Waals surface area contributed by atoms with Crippen LogP contribution in [0.15, 0.2) is 48.5 Å². The van der Waals surface area contributed by atoms with Crippen molar-refractivity contribution in [3.8, 4) is 11.3 Å². The Labute approximate surface area is 214 Å². The number of hydrogen-bond donors (Lipinski definition) is 2. The van der Waals surface area contributed by atoms with Crippen LogP contribution in [0.5, 0.6) is 0 Å². The fourth-order valence-electron chi connectivity index (χ4n) is 4.36. The van der Waals surface area contributed by atoms with E-state index in [2.05, 4.69) is 20.7 Å². The number of anilines is 1. The van der Waals surface area contributed by atoms with Gasteiger partial charge in [-0.25, -0.2) is 9.78 Å². The molecule has 0 fully saturated rings. The van der Waals surface area contributed by atoms with Gasteiger partial charge in [-0.1, -0.05) is 48.0 Å². The summed E-state index contributed by atoms with van der Waals surface area (Å²) in [4.78, 5) is 42.4. The van der Waals surface area contributed by atoms with Crippen molar-refractivity contribution in [1.82, 2.24) is 20.1 Å². The van der Waals surface area contributed by atoms with E-state index in [0.717, 1.165) is 27.9 Å². The molecule has 2 aromatic heterocycles. The lowest BCUT2D eigenvalue weighted by Crippen LogP contribution is -2.35. The maximum Gasteiger partial charge on any atom is 0.339 e. The second kappa shape index (κ2) is 10.6. The number of nitrogens with one attached hydrogen (secondary N) is 2. The van der Waals surface area contributed by atoms with E-state index in [-0.39, 0.29) is 18.0 Å². The van der Waals surface area contributed by atoms with Gasteiger partial charge in [0.05, 0.1) is 28.9 Å². The van der Waals surface area contributed by atoms with Crippen LogP contribution in [0.3, 0.4) is 0 Å². The predicted octanol–water partition coefficient (Wildman–Crippen LogP) is 3.78. The highest BCUT2D eigenvalue weighted by molar-refractivity contribution is 6.05. The number of amides is 2. The summed E-state index contributed by atoms with van der Waals surface area (Å²) in [5.41, 5.74) is 6.56. The quantitative estimate of drug-likeness (QED) is 0.374. The zero-order valence-electron chi connectivity index (χ0n) is 21.5. The first kappa shape index (κ1) is 25.6. The fourth-order valence-corrected chi connectivity index (χ4v) is 4.36. The number of rotatable bonds is 7. The molecule has 2 N–H and O–H groups in total. The molecule has 0 radical (unpaired) electrons. The first-order valence-corrected chi connectivity index (χ1v) is 11.9. The van der Waals surface area contributed by atoms with Crippen molar-refractivity contribution in [3.63, 3.8) is 0 Å². The van der Waals surface area contributed by atoms with Gasteiger partial charge < -0.3 is 15.4 Å². The molecule has 37 heavy (non-hydrogen) atoms. The van der Waals surface area contributed by atoms with Gasteiger partial charge in [-0.3, -0.25) is 14.3 Å². The van der Waals surface area contributed by atoms with Crippen LogP contribution in [0.1, 0.15) is 32.7 Å². The molecule has 2 amide bonds. The standard InChI is InChI=1S/C28H29N5O4/c1-16-11-17(2)26(18(3)12-16)31-23(34)14-29-24(35)15-37-28(36)21-13-22(20-9-7-6-8-10-20)30-27-25(21)19(4)32-33(27)5/h6-13H,14-15H2,1-5H3,(H,29,35)(H,31,34). The van der Waals surface area contributed by atoms with Gasteiger partial charge in [-0.2, -0.15) is 5.10 Å². The maximum absolute atomic E-state index is 13.0. The number of benzene rings is 2. The average Bonchev–Trinajstić information content (AvgIpc) is 3.16. The third kappa shape index (κ3) is 5.66. The minimum atomic E-state index is -0.675. The van der Waals surface area contributed by atoms with Crippen LogP contribution in [-0.2, 0) is 21.4 Å². The Bertz CT molecular complexity index is 1490. The summed E-state index contributed by atoms with van der Waals surface area (Å²) in [7, 11) is 1.75. The summed E-state index contributed by atoms with van der Waals surface area (Å²) >= 11 is 0. The maximum atomic E-state index is 13.0. The monoisotopic (exact) mass is 499 g/mol. The molecule has 0 atom stereocenters. The molecule has 9 nitrogen and oxygen atoms in total. The molecule has 0 bridgehead atoms. The Balaban J connectivity index is 1.42. The van der Waals surface area contributed by atoms with Crippen molar-refractivity contribution < 1.29 is 19.1 Å². The van der Waals surface area contributed by atoms with E-state index in [4.69, 9.17) is 4.74 Å². The van der Waals surface area contributed by atoms with Gasteiger partial charge >= 0.3 is 5.97 Å². The van der Waals surface area contributed by atoms with E-state index >= 15 is 0 Å². The van der Waals surface area contributed by atoms with E-state index in [1.54, 1.807) is 24.7 Å². The van der Waals surface area contributed by atoms with Crippen molar-refractivity contribution in [1.29, 1.82) is 0 Å². The molecule has 9 heteroatoms. The topological polar surface area (TPSA) is 115 Å². The molecular weight excluding hydrogens is 470 g/mol. The van der Waals surface area contributed by atoms with Gasteiger partial charge in [0.25, 0.3) is 5.91 Å². The lowest BCUT2D eigenvalue weighted by Gasteiger charge is -2.13. The minimum Gasteiger partial charge on any atom is -0.452 e. The number of pyridine rings is 1. The van der Waals surface area contributed by atoms with Crippen LogP contribution in [-0.4, -0.2) is 45.7 Å². The Hall–Kier alpha value is -4.53. The fraction of sp³-hybridized carbons (Fsp3) is 0.250. The van der Waals surface area contributed by atoms with Crippen molar-refractivity contribution in [2.75, 3.05) is 18.5 Å². The smallest absolute Gasteiger partial charge is 0.339 e. The third-order valence-electron chi connectivity index (χ3n) is 5.98. The number of fused-ring (bicyclic) bond motifs is 1. The van der Waals surface area contributed by atoms with Crippen LogP contribution in [0.4, 0.5) is 5.69 Å². The lowest BCUT2D eigenvalue weighted by atomic mass is 10.1. The molecule has 2 aromatic carbocycles. The van der Waals surface area contributed by atoms with Crippen LogP contribution in [0.25, 0.3) is 22.3 Å². The predicted molar refractivity (Wildman–Crippen MR) is 141 cm³/mol. The highest BCUT2D eigenvalue weighted by atomic mass is 16.5. The van der Waals surface area contributed by atoms with Crippen LogP contribution in [0, 0.1) is 27.7 Å². The highest BCUT2D eigenvalue weighted by Crippen LogP contribution is 2.27. The second-order valence-electron chi connectivity index (χ2n) is 9.00. The average molecular weight is 500 g/mol. The normalized spacial score (nSPS) is 10.8. The Kier molecular flexibility index (Phi) is 7.33. The lowest BCUT2D eigenvalue weighted by molar-refractivity contribution is -0.126. The summed E-state index contributed by atoms with van der Waals surface area (Å²) in [6.07, 6.45) is 0. The van der Waals surface area contributed by atoms with Gasteiger partial charge in [0.1, 0.15) is 0 Å². The zero-order valence-corrected chi connectivity index (χ0v) is 21.5. The third-order valence-corrected chi connectivity index (χ3v) is 5.98. The van der Waals surface area contributed by atoms with E-state index in [9.17, 15) is 14.4 Å². The molecule has 4 rings (SSSR count). The van der Waals surface area contributed by atoms with E-state index in [0.29, 0.717) is 22.4 Å². The molecular formula is C28H29N5O4. The number of carbonyl (C=O) groups excluding carboxylic acids is 3. The van der Waals surface area contributed by atoms with Gasteiger partial charge in [0.15, 0.2) is 12.3 Å². The zero-order chi connectivity index (χ0) is 26.7. The number of aryl methyl sites for hydroxylation is 5. The summed E-state index contributed by atoms with van der Waals surface area (Å²) in [6.45, 7) is 6.82. The Morgan fingerprint density at radius 1 is 0.946 bits per heavy atom. The SMILES string of the molecule is Cc1cc(C)c(NC(=O)CNC(=O)COC(=O)c2cc(-c3ccccc3)nc3c2c(C)nn3C)c(C)c1. The molecule has 0 unspecified atom stereocenters.